The lowest BCUT2D eigenvalue weighted by Crippen LogP contribution is -2.38. The highest BCUT2D eigenvalue weighted by atomic mass is 16.5. The van der Waals surface area contributed by atoms with Gasteiger partial charge in [-0.1, -0.05) is 48.5 Å². The zero-order chi connectivity index (χ0) is 19.6. The fraction of sp³-hybridized carbons (Fsp3) is 0.273. The summed E-state index contributed by atoms with van der Waals surface area (Å²) in [6.45, 7) is 2.88. The largest absolute Gasteiger partial charge is 0.383 e. The molecule has 3 rings (SSSR count). The molecule has 0 unspecified atom stereocenters. The minimum atomic E-state index is 0.642. The Labute approximate surface area is 166 Å². The number of nitrogens with one attached hydrogen (secondary N) is 2. The SMILES string of the molecule is CN=C(NCCOC)NCc1ccccc1-c1ccc(Cn2ccnc2)cc1. The number of rotatable bonds is 8. The average molecular weight is 377 g/mol. The predicted molar refractivity (Wildman–Crippen MR) is 113 cm³/mol. The highest BCUT2D eigenvalue weighted by Gasteiger charge is 2.06. The monoisotopic (exact) mass is 377 g/mol. The number of guanidine groups is 1. The van der Waals surface area contributed by atoms with E-state index in [0.717, 1.165) is 19.0 Å². The summed E-state index contributed by atoms with van der Waals surface area (Å²) in [5.74, 6) is 0.766. The van der Waals surface area contributed by atoms with Crippen LogP contribution in [0.25, 0.3) is 11.1 Å². The molecule has 0 atom stereocenters. The first-order valence-corrected chi connectivity index (χ1v) is 9.36. The Bertz CT molecular complexity index is 872. The lowest BCUT2D eigenvalue weighted by Gasteiger charge is -2.14. The number of methoxy groups -OCH3 is 1. The lowest BCUT2D eigenvalue weighted by atomic mass is 9.98. The fourth-order valence-electron chi connectivity index (χ4n) is 3.01. The van der Waals surface area contributed by atoms with Gasteiger partial charge in [0.25, 0.3) is 0 Å². The van der Waals surface area contributed by atoms with Crippen molar-refractivity contribution in [3.05, 3.63) is 78.4 Å². The molecule has 0 fully saturated rings. The van der Waals surface area contributed by atoms with Crippen LogP contribution in [0.3, 0.4) is 0 Å². The van der Waals surface area contributed by atoms with Crippen molar-refractivity contribution < 1.29 is 4.74 Å². The third-order valence-corrected chi connectivity index (χ3v) is 4.48. The Kier molecular flexibility index (Phi) is 7.21. The molecule has 0 bridgehead atoms. The van der Waals surface area contributed by atoms with Gasteiger partial charge in [0.15, 0.2) is 5.96 Å². The number of nitrogens with zero attached hydrogens (tertiary/aromatic N) is 3. The van der Waals surface area contributed by atoms with Gasteiger partial charge in [0.1, 0.15) is 0 Å². The molecule has 0 radical (unpaired) electrons. The van der Waals surface area contributed by atoms with E-state index in [9.17, 15) is 0 Å². The average Bonchev–Trinajstić information content (AvgIpc) is 3.24. The first kappa shape index (κ1) is 19.6. The second kappa shape index (κ2) is 10.3. The third kappa shape index (κ3) is 5.44. The molecule has 0 saturated carbocycles. The zero-order valence-corrected chi connectivity index (χ0v) is 16.4. The van der Waals surface area contributed by atoms with Gasteiger partial charge < -0.3 is 19.9 Å². The van der Waals surface area contributed by atoms with Crippen LogP contribution in [0, 0.1) is 0 Å². The molecule has 0 amide bonds. The summed E-state index contributed by atoms with van der Waals surface area (Å²) in [5.41, 5.74) is 4.89. The van der Waals surface area contributed by atoms with Crippen LogP contribution >= 0.6 is 0 Å². The van der Waals surface area contributed by atoms with Crippen LogP contribution < -0.4 is 10.6 Å². The number of benzene rings is 2. The van der Waals surface area contributed by atoms with Crippen molar-refractivity contribution in [2.24, 2.45) is 4.99 Å². The van der Waals surface area contributed by atoms with Crippen LogP contribution in [-0.4, -0.2) is 42.8 Å². The van der Waals surface area contributed by atoms with Crippen molar-refractivity contribution in [1.29, 1.82) is 0 Å². The lowest BCUT2D eigenvalue weighted by molar-refractivity contribution is 0.203. The first-order valence-electron chi connectivity index (χ1n) is 9.36. The summed E-state index contributed by atoms with van der Waals surface area (Å²) in [6, 6.07) is 17.1. The Hall–Kier alpha value is -3.12. The van der Waals surface area contributed by atoms with Gasteiger partial charge in [-0.3, -0.25) is 4.99 Å². The zero-order valence-electron chi connectivity index (χ0n) is 16.4. The van der Waals surface area contributed by atoms with Crippen molar-refractivity contribution in [1.82, 2.24) is 20.2 Å². The fourth-order valence-corrected chi connectivity index (χ4v) is 3.01. The molecule has 1 heterocycles. The summed E-state index contributed by atoms with van der Waals surface area (Å²) in [5, 5.41) is 6.60. The minimum absolute atomic E-state index is 0.642. The molecule has 3 aromatic rings. The van der Waals surface area contributed by atoms with E-state index in [0.29, 0.717) is 13.2 Å². The molecule has 6 nitrogen and oxygen atoms in total. The molecule has 0 aliphatic heterocycles. The molecule has 2 aromatic carbocycles. The van der Waals surface area contributed by atoms with E-state index >= 15 is 0 Å². The van der Waals surface area contributed by atoms with Crippen molar-refractivity contribution in [2.45, 2.75) is 13.1 Å². The molecule has 1 aromatic heterocycles. The molecule has 0 saturated heterocycles. The maximum absolute atomic E-state index is 5.07. The van der Waals surface area contributed by atoms with Gasteiger partial charge in [0, 0.05) is 46.2 Å². The summed E-state index contributed by atoms with van der Waals surface area (Å²) in [4.78, 5) is 8.35. The van der Waals surface area contributed by atoms with E-state index in [-0.39, 0.29) is 0 Å². The number of imidazole rings is 1. The molecule has 28 heavy (non-hydrogen) atoms. The summed E-state index contributed by atoms with van der Waals surface area (Å²) in [7, 11) is 3.46. The van der Waals surface area contributed by atoms with Crippen LogP contribution in [-0.2, 0) is 17.8 Å². The predicted octanol–water partition coefficient (Wildman–Crippen LogP) is 2.91. The number of hydrogen-bond acceptors (Lipinski definition) is 3. The first-order chi connectivity index (χ1) is 13.8. The van der Waals surface area contributed by atoms with Gasteiger partial charge in [-0.25, -0.2) is 4.98 Å². The number of aliphatic imine (C=N–C) groups is 1. The van der Waals surface area contributed by atoms with Crippen molar-refractivity contribution in [3.8, 4) is 11.1 Å². The quantitative estimate of drug-likeness (QED) is 0.360. The highest BCUT2D eigenvalue weighted by Crippen LogP contribution is 2.24. The normalized spacial score (nSPS) is 11.4. The summed E-state index contributed by atoms with van der Waals surface area (Å²) in [6.07, 6.45) is 5.61. The van der Waals surface area contributed by atoms with E-state index in [1.807, 2.05) is 12.5 Å². The van der Waals surface area contributed by atoms with E-state index in [2.05, 4.69) is 73.7 Å². The topological polar surface area (TPSA) is 63.5 Å². The third-order valence-electron chi connectivity index (χ3n) is 4.48. The van der Waals surface area contributed by atoms with E-state index in [4.69, 9.17) is 4.74 Å². The molecule has 146 valence electrons. The molecule has 0 aliphatic rings. The summed E-state index contributed by atoms with van der Waals surface area (Å²) >= 11 is 0. The summed E-state index contributed by atoms with van der Waals surface area (Å²) < 4.78 is 7.13. The van der Waals surface area contributed by atoms with E-state index in [1.165, 1.54) is 22.3 Å². The Morgan fingerprint density at radius 1 is 1.11 bits per heavy atom. The van der Waals surface area contributed by atoms with Gasteiger partial charge in [-0.15, -0.1) is 0 Å². The number of aromatic nitrogens is 2. The molecular weight excluding hydrogens is 350 g/mol. The minimum Gasteiger partial charge on any atom is -0.383 e. The van der Waals surface area contributed by atoms with Crippen LogP contribution in [0.1, 0.15) is 11.1 Å². The second-order valence-corrected chi connectivity index (χ2v) is 6.43. The number of hydrogen-bond donors (Lipinski definition) is 2. The van der Waals surface area contributed by atoms with Crippen molar-refractivity contribution in [3.63, 3.8) is 0 Å². The molecule has 2 N–H and O–H groups in total. The molecule has 6 heteroatoms. The van der Waals surface area contributed by atoms with E-state index < -0.39 is 0 Å². The maximum Gasteiger partial charge on any atom is 0.191 e. The van der Waals surface area contributed by atoms with Crippen molar-refractivity contribution >= 4 is 5.96 Å². The van der Waals surface area contributed by atoms with Crippen LogP contribution in [0.4, 0.5) is 0 Å². The highest BCUT2D eigenvalue weighted by molar-refractivity contribution is 5.80. The Morgan fingerprint density at radius 2 is 1.93 bits per heavy atom. The Balaban J connectivity index is 1.67. The molecule has 0 spiro atoms. The van der Waals surface area contributed by atoms with Gasteiger partial charge in [0.05, 0.1) is 12.9 Å². The van der Waals surface area contributed by atoms with Gasteiger partial charge >= 0.3 is 0 Å². The van der Waals surface area contributed by atoms with Crippen LogP contribution in [0.5, 0.6) is 0 Å². The Morgan fingerprint density at radius 3 is 2.64 bits per heavy atom. The van der Waals surface area contributed by atoms with Crippen molar-refractivity contribution in [2.75, 3.05) is 27.3 Å². The maximum atomic E-state index is 5.07. The van der Waals surface area contributed by atoms with Crippen LogP contribution in [0.2, 0.25) is 0 Å². The number of ether oxygens (including phenoxy) is 1. The van der Waals surface area contributed by atoms with Crippen LogP contribution in [0.15, 0.2) is 72.2 Å². The van der Waals surface area contributed by atoms with Gasteiger partial charge in [0.2, 0.25) is 0 Å². The van der Waals surface area contributed by atoms with Gasteiger partial charge in [-0.2, -0.15) is 0 Å². The molecule has 0 aliphatic carbocycles. The second-order valence-electron chi connectivity index (χ2n) is 6.43. The standard InChI is InChI=1S/C22H27N5O/c1-23-22(25-12-14-28-2)26-15-20-5-3-4-6-21(20)19-9-7-18(8-10-19)16-27-13-11-24-17-27/h3-11,13,17H,12,14-16H2,1-2H3,(H2,23,25,26). The van der Waals surface area contributed by atoms with E-state index in [1.54, 1.807) is 20.4 Å². The van der Waals surface area contributed by atoms with Gasteiger partial charge in [-0.05, 0) is 22.3 Å². The smallest absolute Gasteiger partial charge is 0.191 e. The molecular formula is C22H27N5O.